The summed E-state index contributed by atoms with van der Waals surface area (Å²) in [5, 5.41) is 8.03. The van der Waals surface area contributed by atoms with E-state index in [0.717, 1.165) is 22.3 Å². The molecule has 2 heterocycles. The molecule has 3 aromatic carbocycles. The van der Waals surface area contributed by atoms with Crippen LogP contribution < -0.4 is 20.5 Å². The highest BCUT2D eigenvalue weighted by molar-refractivity contribution is 5.95. The van der Waals surface area contributed by atoms with Gasteiger partial charge in [0, 0.05) is 11.3 Å². The van der Waals surface area contributed by atoms with Gasteiger partial charge >= 0.3 is 0 Å². The standard InChI is InChI=1S/C30H31N5O3/c1-5-37-25-16-22(13-14-24(25)38-17-21-9-7-6-8-10-21)27-26(28(31)36)20(4)32-30-33-29(34-35(27)30)23-12-11-18(2)19(3)15-23/h6-16,27H,5,17H2,1-4H3,(H2,31,36)(H,32,33,34). The zero-order valence-corrected chi connectivity index (χ0v) is 22.0. The van der Waals surface area contributed by atoms with Gasteiger partial charge in [-0.3, -0.25) is 4.79 Å². The van der Waals surface area contributed by atoms with Crippen molar-refractivity contribution in [2.45, 2.75) is 40.3 Å². The Hall–Kier alpha value is -4.59. The number of nitrogens with one attached hydrogen (secondary N) is 1. The number of rotatable bonds is 8. The summed E-state index contributed by atoms with van der Waals surface area (Å²) in [5.41, 5.74) is 12.0. The van der Waals surface area contributed by atoms with E-state index in [9.17, 15) is 4.79 Å². The number of hydrogen-bond acceptors (Lipinski definition) is 6. The lowest BCUT2D eigenvalue weighted by Gasteiger charge is -2.28. The van der Waals surface area contributed by atoms with Crippen LogP contribution in [0, 0.1) is 13.8 Å². The van der Waals surface area contributed by atoms with E-state index < -0.39 is 11.9 Å². The molecule has 0 aliphatic carbocycles. The summed E-state index contributed by atoms with van der Waals surface area (Å²) in [7, 11) is 0. The first-order valence-corrected chi connectivity index (χ1v) is 12.6. The third-order valence-corrected chi connectivity index (χ3v) is 6.70. The van der Waals surface area contributed by atoms with Gasteiger partial charge < -0.3 is 20.5 Å². The smallest absolute Gasteiger partial charge is 0.248 e. The number of aryl methyl sites for hydroxylation is 2. The van der Waals surface area contributed by atoms with Crippen LogP contribution >= 0.6 is 0 Å². The summed E-state index contributed by atoms with van der Waals surface area (Å²) >= 11 is 0. The Morgan fingerprint density at radius 3 is 2.47 bits per heavy atom. The molecule has 1 aliphatic heterocycles. The summed E-state index contributed by atoms with van der Waals surface area (Å²) in [4.78, 5) is 17.4. The van der Waals surface area contributed by atoms with Crippen molar-refractivity contribution in [2.24, 2.45) is 5.73 Å². The first-order chi connectivity index (χ1) is 18.4. The molecular formula is C30H31N5O3. The normalized spacial score (nSPS) is 14.6. The highest BCUT2D eigenvalue weighted by Gasteiger charge is 2.34. The van der Waals surface area contributed by atoms with Crippen LogP contribution in [0.15, 0.2) is 78.0 Å². The fourth-order valence-electron chi connectivity index (χ4n) is 4.60. The number of nitrogens with zero attached hydrogens (tertiary/aromatic N) is 3. The predicted octanol–water partition coefficient (Wildman–Crippen LogP) is 5.31. The number of carbonyl (C=O) groups is 1. The minimum absolute atomic E-state index is 0.408. The van der Waals surface area contributed by atoms with Crippen LogP contribution in [0.1, 0.15) is 42.1 Å². The van der Waals surface area contributed by atoms with Gasteiger partial charge in [-0.05, 0) is 68.1 Å². The van der Waals surface area contributed by atoms with Crippen molar-refractivity contribution >= 4 is 11.9 Å². The Morgan fingerprint density at radius 2 is 1.76 bits per heavy atom. The van der Waals surface area contributed by atoms with Gasteiger partial charge in [0.25, 0.3) is 0 Å². The number of benzene rings is 3. The maximum absolute atomic E-state index is 12.7. The first kappa shape index (κ1) is 25.1. The van der Waals surface area contributed by atoms with Gasteiger partial charge in [-0.1, -0.05) is 48.5 Å². The van der Waals surface area contributed by atoms with Crippen molar-refractivity contribution < 1.29 is 14.3 Å². The van der Waals surface area contributed by atoms with Crippen LogP contribution in [0.25, 0.3) is 11.4 Å². The van der Waals surface area contributed by atoms with Gasteiger partial charge in [0.2, 0.25) is 11.9 Å². The Balaban J connectivity index is 1.56. The number of anilines is 1. The third kappa shape index (κ3) is 4.85. The van der Waals surface area contributed by atoms with Gasteiger partial charge in [-0.25, -0.2) is 4.68 Å². The second kappa shape index (κ2) is 10.4. The van der Waals surface area contributed by atoms with Crippen LogP contribution in [-0.2, 0) is 11.4 Å². The molecule has 38 heavy (non-hydrogen) atoms. The number of nitrogens with two attached hydrogens (primary N) is 1. The molecule has 5 rings (SSSR count). The number of fused-ring (bicyclic) bond motifs is 1. The molecule has 0 fully saturated rings. The lowest BCUT2D eigenvalue weighted by Crippen LogP contribution is -2.31. The fourth-order valence-corrected chi connectivity index (χ4v) is 4.60. The minimum atomic E-state index is -0.584. The third-order valence-electron chi connectivity index (χ3n) is 6.70. The zero-order chi connectivity index (χ0) is 26.8. The molecule has 0 radical (unpaired) electrons. The van der Waals surface area contributed by atoms with Gasteiger partial charge in [0.1, 0.15) is 12.6 Å². The predicted molar refractivity (Wildman–Crippen MR) is 147 cm³/mol. The molecule has 194 valence electrons. The highest BCUT2D eigenvalue weighted by Crippen LogP contribution is 2.39. The molecule has 1 aliphatic rings. The molecule has 0 spiro atoms. The van der Waals surface area contributed by atoms with E-state index in [1.807, 2.05) is 68.4 Å². The SMILES string of the molecule is CCOc1cc(C2C(C(N)=O)=C(C)Nc3nc(-c4ccc(C)c(C)c4)nn32)ccc1OCc1ccccc1. The van der Waals surface area contributed by atoms with E-state index >= 15 is 0 Å². The first-order valence-electron chi connectivity index (χ1n) is 12.6. The fraction of sp³-hybridized carbons (Fsp3) is 0.233. The quantitative estimate of drug-likeness (QED) is 0.333. The topological polar surface area (TPSA) is 104 Å². The molecular weight excluding hydrogens is 478 g/mol. The largest absolute Gasteiger partial charge is 0.490 e. The van der Waals surface area contributed by atoms with Crippen LogP contribution in [-0.4, -0.2) is 27.3 Å². The number of allylic oxidation sites excluding steroid dienone is 1. The molecule has 1 amide bonds. The van der Waals surface area contributed by atoms with Crippen molar-refractivity contribution in [1.29, 1.82) is 0 Å². The molecule has 1 aromatic heterocycles. The molecule has 1 unspecified atom stereocenters. The van der Waals surface area contributed by atoms with Crippen molar-refractivity contribution in [2.75, 3.05) is 11.9 Å². The van der Waals surface area contributed by atoms with Crippen molar-refractivity contribution in [1.82, 2.24) is 14.8 Å². The maximum Gasteiger partial charge on any atom is 0.248 e. The van der Waals surface area contributed by atoms with Crippen molar-refractivity contribution in [3.8, 4) is 22.9 Å². The van der Waals surface area contributed by atoms with Crippen molar-refractivity contribution in [3.05, 3.63) is 100 Å². The number of carbonyl (C=O) groups excluding carboxylic acids is 1. The number of aromatic nitrogens is 3. The second-order valence-electron chi connectivity index (χ2n) is 9.35. The Kier molecular flexibility index (Phi) is 6.87. The van der Waals surface area contributed by atoms with Gasteiger partial charge in [-0.2, -0.15) is 4.98 Å². The summed E-state index contributed by atoms with van der Waals surface area (Å²) < 4.78 is 13.8. The molecule has 4 aromatic rings. The van der Waals surface area contributed by atoms with Crippen LogP contribution in [0.5, 0.6) is 11.5 Å². The average Bonchev–Trinajstić information content (AvgIpc) is 3.33. The summed E-state index contributed by atoms with van der Waals surface area (Å²) in [6.07, 6.45) is 0. The number of primary amides is 1. The monoisotopic (exact) mass is 509 g/mol. The minimum Gasteiger partial charge on any atom is -0.490 e. The second-order valence-corrected chi connectivity index (χ2v) is 9.35. The highest BCUT2D eigenvalue weighted by atomic mass is 16.5. The van der Waals surface area contributed by atoms with E-state index in [1.54, 1.807) is 4.68 Å². The number of hydrogen-bond donors (Lipinski definition) is 2. The summed E-state index contributed by atoms with van der Waals surface area (Å²) in [6, 6.07) is 21.1. The molecule has 8 heteroatoms. The number of ether oxygens (including phenoxy) is 2. The average molecular weight is 510 g/mol. The molecule has 0 saturated carbocycles. The van der Waals surface area contributed by atoms with Crippen LogP contribution in [0.2, 0.25) is 0 Å². The van der Waals surface area contributed by atoms with E-state index in [2.05, 4.69) is 31.3 Å². The Bertz CT molecular complexity index is 1520. The molecule has 1 atom stereocenters. The van der Waals surface area contributed by atoms with Crippen molar-refractivity contribution in [3.63, 3.8) is 0 Å². The Labute approximate surface area is 222 Å². The maximum atomic E-state index is 12.7. The van der Waals surface area contributed by atoms with E-state index in [-0.39, 0.29) is 0 Å². The summed E-state index contributed by atoms with van der Waals surface area (Å²) in [5.74, 6) is 1.76. The van der Waals surface area contributed by atoms with Gasteiger partial charge in [-0.15, -0.1) is 5.10 Å². The van der Waals surface area contributed by atoms with E-state index in [4.69, 9.17) is 25.3 Å². The zero-order valence-electron chi connectivity index (χ0n) is 22.0. The summed E-state index contributed by atoms with van der Waals surface area (Å²) in [6.45, 7) is 8.73. The van der Waals surface area contributed by atoms with Crippen LogP contribution in [0.4, 0.5) is 5.95 Å². The lowest BCUT2D eigenvalue weighted by atomic mass is 9.95. The van der Waals surface area contributed by atoms with Gasteiger partial charge in [0.05, 0.1) is 12.2 Å². The van der Waals surface area contributed by atoms with E-state index in [0.29, 0.717) is 47.8 Å². The van der Waals surface area contributed by atoms with Gasteiger partial charge in [0.15, 0.2) is 17.3 Å². The molecule has 0 saturated heterocycles. The van der Waals surface area contributed by atoms with E-state index in [1.165, 1.54) is 5.56 Å². The Morgan fingerprint density at radius 1 is 0.974 bits per heavy atom. The number of amides is 1. The lowest BCUT2D eigenvalue weighted by molar-refractivity contribution is -0.115. The van der Waals surface area contributed by atoms with Crippen LogP contribution in [0.3, 0.4) is 0 Å². The molecule has 3 N–H and O–H groups in total. The molecule has 8 nitrogen and oxygen atoms in total. The molecule has 0 bridgehead atoms.